The van der Waals surface area contributed by atoms with E-state index < -0.39 is 5.60 Å². The summed E-state index contributed by atoms with van der Waals surface area (Å²) in [5, 5.41) is 6.34. The predicted octanol–water partition coefficient (Wildman–Crippen LogP) is 4.03. The summed E-state index contributed by atoms with van der Waals surface area (Å²) in [5.41, 5.74) is -0.0301. The molecule has 1 aliphatic carbocycles. The van der Waals surface area contributed by atoms with Crippen LogP contribution in [-0.2, 0) is 4.79 Å². The molecular formula is C20H21ClN2O3. The van der Waals surface area contributed by atoms with Crippen molar-refractivity contribution in [2.45, 2.75) is 38.3 Å². The smallest absolute Gasteiger partial charge is 0.267 e. The number of carbonyl (C=O) groups is 2. The van der Waals surface area contributed by atoms with E-state index in [9.17, 15) is 9.59 Å². The van der Waals surface area contributed by atoms with Gasteiger partial charge in [-0.3, -0.25) is 9.59 Å². The molecule has 0 aromatic heterocycles. The summed E-state index contributed by atoms with van der Waals surface area (Å²) in [7, 11) is 0. The maximum atomic E-state index is 12.6. The molecule has 1 fully saturated rings. The van der Waals surface area contributed by atoms with E-state index in [-0.39, 0.29) is 17.9 Å². The van der Waals surface area contributed by atoms with E-state index in [0.717, 1.165) is 12.8 Å². The van der Waals surface area contributed by atoms with Crippen LogP contribution in [0.5, 0.6) is 5.75 Å². The fraction of sp³-hybridized carbons (Fsp3) is 0.300. The van der Waals surface area contributed by atoms with Gasteiger partial charge in [0.1, 0.15) is 5.75 Å². The molecule has 26 heavy (non-hydrogen) atoms. The molecule has 2 N–H and O–H groups in total. The quantitative estimate of drug-likeness (QED) is 0.804. The zero-order valence-electron chi connectivity index (χ0n) is 14.7. The van der Waals surface area contributed by atoms with Crippen molar-refractivity contribution in [2.24, 2.45) is 0 Å². The van der Waals surface area contributed by atoms with Gasteiger partial charge in [0, 0.05) is 22.3 Å². The molecule has 2 aromatic rings. The molecule has 0 atom stereocenters. The second-order valence-electron chi connectivity index (χ2n) is 6.85. The summed E-state index contributed by atoms with van der Waals surface area (Å²) in [4.78, 5) is 24.8. The Hall–Kier alpha value is -2.53. The van der Waals surface area contributed by atoms with Crippen LogP contribution in [0, 0.1) is 0 Å². The maximum Gasteiger partial charge on any atom is 0.267 e. The minimum absolute atomic E-state index is 0.125. The van der Waals surface area contributed by atoms with Gasteiger partial charge in [0.25, 0.3) is 11.8 Å². The van der Waals surface area contributed by atoms with E-state index in [4.69, 9.17) is 16.3 Å². The standard InChI is InChI=1S/C20H21ClN2O3/c1-20(2,26-17-10-6-14(21)7-11-17)19(25)23-16-5-3-4-13(12-16)18(24)22-15-8-9-15/h3-7,10-12,15H,8-9H2,1-2H3,(H,22,24)(H,23,25). The lowest BCUT2D eigenvalue weighted by molar-refractivity contribution is -0.128. The molecule has 2 amide bonds. The number of halogens is 1. The van der Waals surface area contributed by atoms with Gasteiger partial charge < -0.3 is 15.4 Å². The monoisotopic (exact) mass is 372 g/mol. The number of rotatable bonds is 6. The first-order valence-electron chi connectivity index (χ1n) is 8.50. The molecule has 6 heteroatoms. The summed E-state index contributed by atoms with van der Waals surface area (Å²) in [6, 6.07) is 14.0. The predicted molar refractivity (Wildman–Crippen MR) is 102 cm³/mol. The highest BCUT2D eigenvalue weighted by Gasteiger charge is 2.30. The Bertz CT molecular complexity index is 814. The lowest BCUT2D eigenvalue weighted by atomic mass is 10.1. The van der Waals surface area contributed by atoms with Gasteiger partial charge in [0.05, 0.1) is 0 Å². The van der Waals surface area contributed by atoms with Crippen LogP contribution in [-0.4, -0.2) is 23.5 Å². The van der Waals surface area contributed by atoms with Gasteiger partial charge in [-0.05, 0) is 69.2 Å². The Morgan fingerprint density at radius 2 is 1.81 bits per heavy atom. The van der Waals surface area contributed by atoms with Gasteiger partial charge in [0.2, 0.25) is 0 Å². The number of hydrogen-bond acceptors (Lipinski definition) is 3. The van der Waals surface area contributed by atoms with Crippen molar-refractivity contribution in [2.75, 3.05) is 5.32 Å². The molecule has 5 nitrogen and oxygen atoms in total. The molecule has 1 saturated carbocycles. The molecule has 0 bridgehead atoms. The first-order chi connectivity index (χ1) is 12.3. The van der Waals surface area contributed by atoms with Crippen LogP contribution in [0.3, 0.4) is 0 Å². The Balaban J connectivity index is 1.66. The maximum absolute atomic E-state index is 12.6. The van der Waals surface area contributed by atoms with E-state index in [1.807, 2.05) is 0 Å². The average molecular weight is 373 g/mol. The van der Waals surface area contributed by atoms with Crippen molar-refractivity contribution in [3.8, 4) is 5.75 Å². The van der Waals surface area contributed by atoms with E-state index in [1.54, 1.807) is 62.4 Å². The molecule has 2 aromatic carbocycles. The molecular weight excluding hydrogens is 352 g/mol. The van der Waals surface area contributed by atoms with Gasteiger partial charge in [-0.15, -0.1) is 0 Å². The summed E-state index contributed by atoms with van der Waals surface area (Å²) in [6.07, 6.45) is 2.05. The molecule has 0 unspecified atom stereocenters. The van der Waals surface area contributed by atoms with Gasteiger partial charge in [-0.1, -0.05) is 17.7 Å². The first kappa shape index (κ1) is 18.3. The highest BCUT2D eigenvalue weighted by atomic mass is 35.5. The van der Waals surface area contributed by atoms with Crippen LogP contribution in [0.2, 0.25) is 5.02 Å². The zero-order valence-corrected chi connectivity index (χ0v) is 15.5. The van der Waals surface area contributed by atoms with Crippen molar-refractivity contribution in [1.29, 1.82) is 0 Å². The van der Waals surface area contributed by atoms with Crippen molar-refractivity contribution in [3.63, 3.8) is 0 Å². The number of hydrogen-bond donors (Lipinski definition) is 2. The Morgan fingerprint density at radius 1 is 1.12 bits per heavy atom. The Morgan fingerprint density at radius 3 is 2.46 bits per heavy atom. The van der Waals surface area contributed by atoms with E-state index in [2.05, 4.69) is 10.6 Å². The van der Waals surface area contributed by atoms with Crippen LogP contribution in [0.15, 0.2) is 48.5 Å². The molecule has 1 aliphatic rings. The number of nitrogens with one attached hydrogen (secondary N) is 2. The van der Waals surface area contributed by atoms with E-state index in [1.165, 1.54) is 0 Å². The Kier molecular flexibility index (Phi) is 5.18. The number of carbonyl (C=O) groups excluding carboxylic acids is 2. The SMILES string of the molecule is CC(C)(Oc1ccc(Cl)cc1)C(=O)Nc1cccc(C(=O)NC2CC2)c1. The number of ether oxygens (including phenoxy) is 1. The lowest BCUT2D eigenvalue weighted by Gasteiger charge is -2.25. The molecule has 0 aliphatic heterocycles. The summed E-state index contributed by atoms with van der Waals surface area (Å²) in [5.74, 6) is 0.111. The van der Waals surface area contributed by atoms with Crippen LogP contribution in [0.25, 0.3) is 0 Å². The zero-order chi connectivity index (χ0) is 18.7. The molecule has 136 valence electrons. The fourth-order valence-electron chi connectivity index (χ4n) is 2.36. The third kappa shape index (κ3) is 4.76. The largest absolute Gasteiger partial charge is 0.478 e. The van der Waals surface area contributed by atoms with Crippen LogP contribution < -0.4 is 15.4 Å². The lowest BCUT2D eigenvalue weighted by Crippen LogP contribution is -2.42. The van der Waals surface area contributed by atoms with Gasteiger partial charge in [0.15, 0.2) is 5.60 Å². The third-order valence-corrected chi connectivity index (χ3v) is 4.28. The molecule has 3 rings (SSSR count). The minimum atomic E-state index is -1.10. The molecule has 0 heterocycles. The van der Waals surface area contributed by atoms with Crippen molar-refractivity contribution < 1.29 is 14.3 Å². The highest BCUT2D eigenvalue weighted by Crippen LogP contribution is 2.23. The van der Waals surface area contributed by atoms with Crippen molar-refractivity contribution in [3.05, 3.63) is 59.1 Å². The Labute approximate surface area is 157 Å². The highest BCUT2D eigenvalue weighted by molar-refractivity contribution is 6.30. The van der Waals surface area contributed by atoms with E-state index in [0.29, 0.717) is 22.0 Å². The van der Waals surface area contributed by atoms with Crippen LogP contribution in [0.4, 0.5) is 5.69 Å². The van der Waals surface area contributed by atoms with Gasteiger partial charge in [-0.25, -0.2) is 0 Å². The normalized spacial score (nSPS) is 13.8. The minimum Gasteiger partial charge on any atom is -0.478 e. The van der Waals surface area contributed by atoms with Crippen LogP contribution >= 0.6 is 11.6 Å². The van der Waals surface area contributed by atoms with Gasteiger partial charge in [-0.2, -0.15) is 0 Å². The van der Waals surface area contributed by atoms with E-state index >= 15 is 0 Å². The van der Waals surface area contributed by atoms with Crippen LogP contribution in [0.1, 0.15) is 37.0 Å². The summed E-state index contributed by atoms with van der Waals surface area (Å²) >= 11 is 5.86. The van der Waals surface area contributed by atoms with Gasteiger partial charge >= 0.3 is 0 Å². The second-order valence-corrected chi connectivity index (χ2v) is 7.29. The number of amides is 2. The molecule has 0 saturated heterocycles. The topological polar surface area (TPSA) is 67.4 Å². The van der Waals surface area contributed by atoms with Crippen molar-refractivity contribution >= 4 is 29.1 Å². The van der Waals surface area contributed by atoms with Crippen molar-refractivity contribution in [1.82, 2.24) is 5.32 Å². The fourth-order valence-corrected chi connectivity index (χ4v) is 2.49. The summed E-state index contributed by atoms with van der Waals surface area (Å²) < 4.78 is 5.78. The molecule has 0 radical (unpaired) electrons. The molecule has 0 spiro atoms. The first-order valence-corrected chi connectivity index (χ1v) is 8.88. The summed E-state index contributed by atoms with van der Waals surface area (Å²) in [6.45, 7) is 3.36. The third-order valence-electron chi connectivity index (χ3n) is 4.03. The number of benzene rings is 2. The average Bonchev–Trinajstić information content (AvgIpc) is 3.41. The number of anilines is 1. The second kappa shape index (κ2) is 7.38.